The van der Waals surface area contributed by atoms with Gasteiger partial charge in [0.05, 0.1) is 12.6 Å². The molecule has 2 rings (SSSR count). The zero-order valence-electron chi connectivity index (χ0n) is 18.2. The summed E-state index contributed by atoms with van der Waals surface area (Å²) >= 11 is 0. The second-order valence-electron chi connectivity index (χ2n) is 7.88. The Bertz CT molecular complexity index is 676. The Hall–Kier alpha value is -1.71. The number of benzene rings is 1. The zero-order valence-corrected chi connectivity index (χ0v) is 20.5. The minimum atomic E-state index is -0.487. The molecule has 7 nitrogen and oxygen atoms in total. The van der Waals surface area contributed by atoms with Crippen molar-refractivity contribution in [2.24, 2.45) is 4.99 Å². The SMILES string of the molecule is CCOc1cccc(CCNC(=NC)N2CC[C@@H](NC(=O)OC(C)(C)C)C2)c1.I. The highest BCUT2D eigenvalue weighted by molar-refractivity contribution is 14.0. The highest BCUT2D eigenvalue weighted by atomic mass is 127. The molecule has 1 fully saturated rings. The Morgan fingerprint density at radius 3 is 2.76 bits per heavy atom. The lowest BCUT2D eigenvalue weighted by Crippen LogP contribution is -2.44. The van der Waals surface area contributed by atoms with Gasteiger partial charge in [0.1, 0.15) is 11.4 Å². The maximum atomic E-state index is 12.0. The first-order chi connectivity index (χ1) is 13.3. The standard InChI is InChI=1S/C21H34N4O3.HI/c1-6-27-18-9-7-8-16(14-18)10-12-23-19(22-5)25-13-11-17(15-25)24-20(26)28-21(2,3)4;/h7-9,14,17H,6,10-13,15H2,1-5H3,(H,22,23)(H,24,26);1H/t17-;/m1./s1. The monoisotopic (exact) mass is 518 g/mol. The van der Waals surface area contributed by atoms with Crippen LogP contribution < -0.4 is 15.4 Å². The number of ether oxygens (including phenoxy) is 2. The average molecular weight is 518 g/mol. The van der Waals surface area contributed by atoms with E-state index in [1.807, 2.05) is 39.8 Å². The van der Waals surface area contributed by atoms with Crippen LogP contribution in [0.15, 0.2) is 29.3 Å². The van der Waals surface area contributed by atoms with Crippen molar-refractivity contribution in [1.82, 2.24) is 15.5 Å². The molecule has 1 aliphatic rings. The van der Waals surface area contributed by atoms with Crippen LogP contribution in [0.1, 0.15) is 39.7 Å². The number of carbonyl (C=O) groups is 1. The molecule has 0 aliphatic carbocycles. The van der Waals surface area contributed by atoms with Gasteiger partial charge < -0.3 is 25.0 Å². The van der Waals surface area contributed by atoms with Gasteiger partial charge in [-0.1, -0.05) is 12.1 Å². The van der Waals surface area contributed by atoms with E-state index < -0.39 is 5.60 Å². The van der Waals surface area contributed by atoms with Crippen molar-refractivity contribution < 1.29 is 14.3 Å². The lowest BCUT2D eigenvalue weighted by atomic mass is 10.1. The molecule has 164 valence electrons. The minimum absolute atomic E-state index is 0. The van der Waals surface area contributed by atoms with E-state index in [1.165, 1.54) is 5.56 Å². The average Bonchev–Trinajstić information content (AvgIpc) is 3.06. The van der Waals surface area contributed by atoms with Crippen molar-refractivity contribution >= 4 is 36.0 Å². The van der Waals surface area contributed by atoms with Gasteiger partial charge in [0.2, 0.25) is 0 Å². The fourth-order valence-electron chi connectivity index (χ4n) is 3.15. The van der Waals surface area contributed by atoms with Crippen LogP contribution in [0.4, 0.5) is 4.79 Å². The molecule has 1 aromatic carbocycles. The second-order valence-corrected chi connectivity index (χ2v) is 7.88. The highest BCUT2D eigenvalue weighted by Gasteiger charge is 2.27. The largest absolute Gasteiger partial charge is 0.494 e. The molecule has 0 spiro atoms. The summed E-state index contributed by atoms with van der Waals surface area (Å²) in [5.41, 5.74) is 0.735. The molecule has 1 saturated heterocycles. The number of halogens is 1. The fourth-order valence-corrected chi connectivity index (χ4v) is 3.15. The van der Waals surface area contributed by atoms with Crippen LogP contribution >= 0.6 is 24.0 Å². The summed E-state index contributed by atoms with van der Waals surface area (Å²) in [7, 11) is 1.78. The van der Waals surface area contributed by atoms with Gasteiger partial charge in [-0.15, -0.1) is 24.0 Å². The van der Waals surface area contributed by atoms with Crippen molar-refractivity contribution in [3.63, 3.8) is 0 Å². The van der Waals surface area contributed by atoms with Crippen LogP contribution in [0.5, 0.6) is 5.75 Å². The molecule has 2 N–H and O–H groups in total. The van der Waals surface area contributed by atoms with Gasteiger partial charge in [-0.2, -0.15) is 0 Å². The lowest BCUT2D eigenvalue weighted by molar-refractivity contribution is 0.0507. The zero-order chi connectivity index (χ0) is 20.6. The van der Waals surface area contributed by atoms with E-state index in [4.69, 9.17) is 9.47 Å². The van der Waals surface area contributed by atoms with E-state index in [1.54, 1.807) is 7.05 Å². The third-order valence-corrected chi connectivity index (χ3v) is 4.33. The number of aliphatic imine (C=N–C) groups is 1. The number of carbonyl (C=O) groups excluding carboxylic acids is 1. The molecule has 8 heteroatoms. The predicted octanol–water partition coefficient (Wildman–Crippen LogP) is 3.42. The fraction of sp³-hybridized carbons (Fsp3) is 0.619. The first kappa shape index (κ1) is 25.3. The van der Waals surface area contributed by atoms with Crippen molar-refractivity contribution in [3.8, 4) is 5.75 Å². The molecule has 0 unspecified atom stereocenters. The van der Waals surface area contributed by atoms with Gasteiger partial charge in [-0.05, 0) is 58.2 Å². The number of nitrogens with one attached hydrogen (secondary N) is 2. The van der Waals surface area contributed by atoms with Crippen molar-refractivity contribution in [3.05, 3.63) is 29.8 Å². The molecular weight excluding hydrogens is 483 g/mol. The molecule has 1 heterocycles. The van der Waals surface area contributed by atoms with Gasteiger partial charge in [-0.25, -0.2) is 4.79 Å². The summed E-state index contributed by atoms with van der Waals surface area (Å²) in [6, 6.07) is 8.23. The molecule has 1 atom stereocenters. The first-order valence-corrected chi connectivity index (χ1v) is 9.97. The molecule has 0 saturated carbocycles. The Morgan fingerprint density at radius 1 is 1.34 bits per heavy atom. The summed E-state index contributed by atoms with van der Waals surface area (Å²) in [6.07, 6.45) is 1.39. The van der Waals surface area contributed by atoms with Gasteiger partial charge in [0.25, 0.3) is 0 Å². The van der Waals surface area contributed by atoms with Crippen molar-refractivity contribution in [2.75, 3.05) is 33.3 Å². The number of hydrogen-bond donors (Lipinski definition) is 2. The molecule has 1 aromatic rings. The van der Waals surface area contributed by atoms with Crippen LogP contribution in [0.25, 0.3) is 0 Å². The van der Waals surface area contributed by atoms with Crippen LogP contribution in [0.3, 0.4) is 0 Å². The Morgan fingerprint density at radius 2 is 2.10 bits per heavy atom. The Balaban J connectivity index is 0.00000420. The number of guanidine groups is 1. The van der Waals surface area contributed by atoms with Crippen LogP contribution in [-0.2, 0) is 11.2 Å². The van der Waals surface area contributed by atoms with Crippen molar-refractivity contribution in [2.45, 2.75) is 52.2 Å². The Labute approximate surface area is 191 Å². The molecule has 0 radical (unpaired) electrons. The molecule has 29 heavy (non-hydrogen) atoms. The maximum Gasteiger partial charge on any atom is 0.407 e. The minimum Gasteiger partial charge on any atom is -0.494 e. The Kier molecular flexibility index (Phi) is 10.6. The van der Waals surface area contributed by atoms with Crippen LogP contribution in [-0.4, -0.2) is 61.9 Å². The van der Waals surface area contributed by atoms with Crippen LogP contribution in [0, 0.1) is 0 Å². The number of likely N-dealkylation sites (tertiary alicyclic amines) is 1. The summed E-state index contributed by atoms with van der Waals surface area (Å²) in [5.74, 6) is 1.76. The van der Waals surface area contributed by atoms with Gasteiger partial charge in [0, 0.05) is 26.7 Å². The van der Waals surface area contributed by atoms with Crippen molar-refractivity contribution in [1.29, 1.82) is 0 Å². The van der Waals surface area contributed by atoms with E-state index in [9.17, 15) is 4.79 Å². The molecule has 1 aliphatic heterocycles. The summed E-state index contributed by atoms with van der Waals surface area (Å²) in [5, 5.41) is 6.36. The number of nitrogens with zero attached hydrogens (tertiary/aromatic N) is 2. The number of alkyl carbamates (subject to hydrolysis) is 1. The highest BCUT2D eigenvalue weighted by Crippen LogP contribution is 2.14. The molecular formula is C21H35IN4O3. The topological polar surface area (TPSA) is 75.2 Å². The van der Waals surface area contributed by atoms with Crippen LogP contribution in [0.2, 0.25) is 0 Å². The van der Waals surface area contributed by atoms with E-state index >= 15 is 0 Å². The number of hydrogen-bond acceptors (Lipinski definition) is 4. The maximum absolute atomic E-state index is 12.0. The summed E-state index contributed by atoms with van der Waals surface area (Å²) in [4.78, 5) is 18.5. The normalized spacial score (nSPS) is 16.8. The first-order valence-electron chi connectivity index (χ1n) is 9.97. The van der Waals surface area contributed by atoms with E-state index in [2.05, 4.69) is 32.7 Å². The molecule has 1 amide bonds. The van der Waals surface area contributed by atoms with Gasteiger partial charge in [0.15, 0.2) is 5.96 Å². The number of rotatable bonds is 6. The van der Waals surface area contributed by atoms with E-state index in [0.717, 1.165) is 44.2 Å². The summed E-state index contributed by atoms with van der Waals surface area (Å²) in [6.45, 7) is 10.6. The molecule has 0 aromatic heterocycles. The number of amides is 1. The third kappa shape index (κ3) is 9.10. The second kappa shape index (κ2) is 12.1. The van der Waals surface area contributed by atoms with Gasteiger partial charge >= 0.3 is 6.09 Å². The molecule has 0 bridgehead atoms. The third-order valence-electron chi connectivity index (χ3n) is 4.33. The summed E-state index contributed by atoms with van der Waals surface area (Å²) < 4.78 is 10.9. The van der Waals surface area contributed by atoms with E-state index in [0.29, 0.717) is 6.61 Å². The van der Waals surface area contributed by atoms with E-state index in [-0.39, 0.29) is 36.1 Å². The smallest absolute Gasteiger partial charge is 0.407 e. The van der Waals surface area contributed by atoms with Gasteiger partial charge in [-0.3, -0.25) is 4.99 Å². The quantitative estimate of drug-likeness (QED) is 0.343. The lowest BCUT2D eigenvalue weighted by Gasteiger charge is -2.23. The predicted molar refractivity (Wildman–Crippen MR) is 127 cm³/mol.